The molecule has 0 saturated heterocycles. The van der Waals surface area contributed by atoms with Crippen molar-refractivity contribution >= 4 is 51.6 Å². The van der Waals surface area contributed by atoms with E-state index in [9.17, 15) is 9.18 Å². The Hall–Kier alpha value is -1.60. The number of nitrogens with zero attached hydrogens (tertiary/aromatic N) is 2. The van der Waals surface area contributed by atoms with Gasteiger partial charge in [0.2, 0.25) is 0 Å². The predicted octanol–water partition coefficient (Wildman–Crippen LogP) is 1.63. The summed E-state index contributed by atoms with van der Waals surface area (Å²) in [7, 11) is 0. The third kappa shape index (κ3) is 5.71. The number of halogens is 3. The molecule has 0 saturated carbocycles. The van der Waals surface area contributed by atoms with Crippen LogP contribution in [-0.2, 0) is 4.84 Å². The Balaban J connectivity index is 2.17. The first-order valence-corrected chi connectivity index (χ1v) is 8.32. The molecule has 11 heteroatoms. The Morgan fingerprint density at radius 2 is 2.16 bits per heavy atom. The highest BCUT2D eigenvalue weighted by atomic mass is 127. The van der Waals surface area contributed by atoms with Gasteiger partial charge in [-0.25, -0.2) is 9.87 Å². The fraction of sp³-hybridized carbons (Fsp3) is 0.214. The molecular formula is C14H13ClFIN4O4. The Morgan fingerprint density at radius 3 is 2.84 bits per heavy atom. The first-order valence-electron chi connectivity index (χ1n) is 6.87. The van der Waals surface area contributed by atoms with E-state index in [1.165, 1.54) is 18.2 Å². The molecule has 0 aliphatic carbocycles. The lowest BCUT2D eigenvalue weighted by Gasteiger charge is -2.12. The van der Waals surface area contributed by atoms with Crippen molar-refractivity contribution in [3.8, 4) is 0 Å². The van der Waals surface area contributed by atoms with Crippen LogP contribution < -0.4 is 10.8 Å². The molecule has 1 aromatic carbocycles. The molecule has 0 spiro atoms. The van der Waals surface area contributed by atoms with Gasteiger partial charge in [-0.1, -0.05) is 11.6 Å². The summed E-state index contributed by atoms with van der Waals surface area (Å²) < 4.78 is 14.7. The molecule has 1 amide bonds. The number of hydrogen-bond acceptors (Lipinski definition) is 7. The van der Waals surface area contributed by atoms with E-state index < -0.39 is 24.4 Å². The second-order valence-corrected chi connectivity index (χ2v) is 6.39. The molecule has 0 fully saturated rings. The molecule has 0 radical (unpaired) electrons. The van der Waals surface area contributed by atoms with Gasteiger partial charge in [0.1, 0.15) is 18.5 Å². The summed E-state index contributed by atoms with van der Waals surface area (Å²) in [6, 6.07) is 5.70. The monoisotopic (exact) mass is 482 g/mol. The van der Waals surface area contributed by atoms with Gasteiger partial charge >= 0.3 is 0 Å². The van der Waals surface area contributed by atoms with Crippen molar-refractivity contribution in [1.82, 2.24) is 15.7 Å². The normalized spacial score (nSPS) is 11.9. The van der Waals surface area contributed by atoms with Gasteiger partial charge in [-0.3, -0.25) is 9.63 Å². The van der Waals surface area contributed by atoms with Crippen LogP contribution in [0.2, 0.25) is 5.15 Å². The van der Waals surface area contributed by atoms with E-state index in [1.807, 2.05) is 22.6 Å². The number of hydroxylamine groups is 1. The number of nitrogens with one attached hydrogen (secondary N) is 2. The van der Waals surface area contributed by atoms with Crippen molar-refractivity contribution in [3.63, 3.8) is 0 Å². The lowest BCUT2D eigenvalue weighted by atomic mass is 10.2. The van der Waals surface area contributed by atoms with Gasteiger partial charge in [0.05, 0.1) is 17.9 Å². The van der Waals surface area contributed by atoms with Crippen LogP contribution in [0.3, 0.4) is 0 Å². The molecule has 134 valence electrons. The van der Waals surface area contributed by atoms with Crippen molar-refractivity contribution in [3.05, 3.63) is 44.4 Å². The molecular weight excluding hydrogens is 470 g/mol. The van der Waals surface area contributed by atoms with Gasteiger partial charge in [-0.05, 0) is 46.9 Å². The van der Waals surface area contributed by atoms with E-state index in [-0.39, 0.29) is 28.8 Å². The summed E-state index contributed by atoms with van der Waals surface area (Å²) in [5.41, 5.74) is 2.12. The summed E-state index contributed by atoms with van der Waals surface area (Å²) in [5, 5.41) is 27.8. The number of amides is 1. The lowest BCUT2D eigenvalue weighted by Crippen LogP contribution is -2.30. The highest BCUT2D eigenvalue weighted by Gasteiger charge is 2.17. The van der Waals surface area contributed by atoms with Crippen molar-refractivity contribution in [2.24, 2.45) is 0 Å². The minimum atomic E-state index is -1.14. The van der Waals surface area contributed by atoms with Gasteiger partial charge in [0.15, 0.2) is 11.0 Å². The maximum atomic E-state index is 14.0. The fourth-order valence-corrected chi connectivity index (χ4v) is 2.26. The number of aliphatic hydroxyl groups excluding tert-OH is 2. The van der Waals surface area contributed by atoms with Crippen molar-refractivity contribution in [2.45, 2.75) is 6.10 Å². The highest BCUT2D eigenvalue weighted by Crippen LogP contribution is 2.23. The van der Waals surface area contributed by atoms with E-state index >= 15 is 0 Å². The maximum Gasteiger partial charge on any atom is 0.278 e. The Labute approximate surface area is 160 Å². The second kappa shape index (κ2) is 9.20. The lowest BCUT2D eigenvalue weighted by molar-refractivity contribution is -0.0295. The third-order valence-corrected chi connectivity index (χ3v) is 3.70. The molecule has 1 atom stereocenters. The van der Waals surface area contributed by atoms with Crippen LogP contribution >= 0.6 is 34.2 Å². The van der Waals surface area contributed by atoms with Gasteiger partial charge in [0.25, 0.3) is 5.91 Å². The number of aliphatic hydroxyl groups is 2. The van der Waals surface area contributed by atoms with E-state index in [2.05, 4.69) is 21.0 Å². The molecule has 2 rings (SSSR count). The molecule has 8 nitrogen and oxygen atoms in total. The zero-order valence-corrected chi connectivity index (χ0v) is 15.5. The highest BCUT2D eigenvalue weighted by molar-refractivity contribution is 14.1. The smallest absolute Gasteiger partial charge is 0.278 e. The Bertz CT molecular complexity index is 768. The molecule has 2 aromatic rings. The van der Waals surface area contributed by atoms with Crippen LogP contribution in [0.1, 0.15) is 10.4 Å². The van der Waals surface area contributed by atoms with Gasteiger partial charge < -0.3 is 15.5 Å². The fourth-order valence-electron chi connectivity index (χ4n) is 1.66. The minimum Gasteiger partial charge on any atom is -0.394 e. The summed E-state index contributed by atoms with van der Waals surface area (Å²) in [6.07, 6.45) is -1.14. The second-order valence-electron chi connectivity index (χ2n) is 4.76. The Kier molecular flexibility index (Phi) is 7.25. The topological polar surface area (TPSA) is 117 Å². The predicted molar refractivity (Wildman–Crippen MR) is 96.0 cm³/mol. The number of rotatable bonds is 7. The zero-order chi connectivity index (χ0) is 18.4. The number of carbonyl (C=O) groups excluding carboxylic acids is 1. The van der Waals surface area contributed by atoms with Crippen molar-refractivity contribution in [2.75, 3.05) is 18.5 Å². The van der Waals surface area contributed by atoms with Crippen LogP contribution in [0, 0.1) is 9.39 Å². The van der Waals surface area contributed by atoms with Crippen LogP contribution in [-0.4, -0.2) is 45.6 Å². The molecule has 25 heavy (non-hydrogen) atoms. The summed E-state index contributed by atoms with van der Waals surface area (Å²) in [5.74, 6) is -1.30. The van der Waals surface area contributed by atoms with E-state index in [4.69, 9.17) is 26.7 Å². The number of carbonyl (C=O) groups is 1. The standard InChI is InChI=1S/C14H13ClFIN4O4/c15-12-4-9(14(24)21-25-6-8(23)5-22)13(20-19-12)18-11-2-1-7(17)3-10(11)16/h1-4,8,22-23H,5-6H2,(H,18,20)(H,21,24)/t8-/m1/s1. The van der Waals surface area contributed by atoms with Crippen LogP contribution in [0.5, 0.6) is 0 Å². The average molecular weight is 483 g/mol. The van der Waals surface area contributed by atoms with Crippen molar-refractivity contribution in [1.29, 1.82) is 0 Å². The molecule has 0 bridgehead atoms. The zero-order valence-electron chi connectivity index (χ0n) is 12.5. The maximum absolute atomic E-state index is 14.0. The summed E-state index contributed by atoms with van der Waals surface area (Å²) in [4.78, 5) is 17.0. The Morgan fingerprint density at radius 1 is 1.40 bits per heavy atom. The average Bonchev–Trinajstić information content (AvgIpc) is 2.58. The quantitative estimate of drug-likeness (QED) is 0.350. The molecule has 0 aliphatic heterocycles. The molecule has 1 aromatic heterocycles. The van der Waals surface area contributed by atoms with Crippen LogP contribution in [0.15, 0.2) is 24.3 Å². The first kappa shape index (κ1) is 19.7. The van der Waals surface area contributed by atoms with Gasteiger partial charge in [0, 0.05) is 3.57 Å². The van der Waals surface area contributed by atoms with Crippen LogP contribution in [0.4, 0.5) is 15.9 Å². The largest absolute Gasteiger partial charge is 0.394 e. The van der Waals surface area contributed by atoms with Gasteiger partial charge in [-0.15, -0.1) is 10.2 Å². The van der Waals surface area contributed by atoms with E-state index in [0.717, 1.165) is 0 Å². The number of aromatic nitrogens is 2. The molecule has 0 unspecified atom stereocenters. The third-order valence-electron chi connectivity index (χ3n) is 2.84. The minimum absolute atomic E-state index is 0.0340. The summed E-state index contributed by atoms with van der Waals surface area (Å²) in [6.45, 7) is -0.833. The first-order chi connectivity index (χ1) is 11.9. The van der Waals surface area contributed by atoms with Crippen LogP contribution in [0.25, 0.3) is 0 Å². The molecule has 1 heterocycles. The SMILES string of the molecule is O=C(NOC[C@H](O)CO)c1cc(Cl)nnc1Nc1ccc(I)cc1F. The number of anilines is 2. The van der Waals surface area contributed by atoms with E-state index in [0.29, 0.717) is 3.57 Å². The van der Waals surface area contributed by atoms with Crippen molar-refractivity contribution < 1.29 is 24.2 Å². The number of hydrogen-bond donors (Lipinski definition) is 4. The van der Waals surface area contributed by atoms with E-state index in [1.54, 1.807) is 6.07 Å². The molecule has 4 N–H and O–H groups in total. The van der Waals surface area contributed by atoms with Gasteiger partial charge in [-0.2, -0.15) is 0 Å². The number of benzene rings is 1. The summed E-state index contributed by atoms with van der Waals surface area (Å²) >= 11 is 7.72. The molecule has 0 aliphatic rings.